The third-order valence-electron chi connectivity index (χ3n) is 2.14. The van der Waals surface area contributed by atoms with E-state index < -0.39 is 10.9 Å². The van der Waals surface area contributed by atoms with Gasteiger partial charge in [-0.1, -0.05) is 17.7 Å². The van der Waals surface area contributed by atoms with Gasteiger partial charge in [-0.15, -0.1) is 6.58 Å². The maximum absolute atomic E-state index is 10.9. The van der Waals surface area contributed by atoms with E-state index in [1.807, 2.05) is 0 Å². The fourth-order valence-electron chi connectivity index (χ4n) is 1.38. The summed E-state index contributed by atoms with van der Waals surface area (Å²) in [4.78, 5) is 20.9. The zero-order valence-corrected chi connectivity index (χ0v) is 10.1. The molecule has 96 valence electrons. The summed E-state index contributed by atoms with van der Waals surface area (Å²) in [6.45, 7) is 3.83. The average Bonchev–Trinajstić information content (AvgIpc) is 2.28. The molecule has 6 nitrogen and oxygen atoms in total. The van der Waals surface area contributed by atoms with Crippen molar-refractivity contribution in [2.45, 2.75) is 6.42 Å². The van der Waals surface area contributed by atoms with E-state index in [-0.39, 0.29) is 28.4 Å². The molecule has 0 aliphatic heterocycles. The minimum Gasteiger partial charge on any atom is -0.481 e. The first kappa shape index (κ1) is 14.0. The number of benzene rings is 1. The standard InChI is InChI=1S/C11H11ClN2O4/c1-2-3-13-9-6-8(12)7(5-11(15)16)4-10(9)14(17)18/h2,4,6,13H,1,3,5H2,(H,15,16). The largest absolute Gasteiger partial charge is 0.481 e. The minimum absolute atomic E-state index is 0.176. The van der Waals surface area contributed by atoms with Crippen LogP contribution in [0.5, 0.6) is 0 Å². The Labute approximate surface area is 108 Å². The molecule has 0 fully saturated rings. The number of hydrogen-bond acceptors (Lipinski definition) is 4. The summed E-state index contributed by atoms with van der Waals surface area (Å²) in [5.41, 5.74) is 0.233. The van der Waals surface area contributed by atoms with Crippen molar-refractivity contribution in [2.75, 3.05) is 11.9 Å². The smallest absolute Gasteiger partial charge is 0.307 e. The SMILES string of the molecule is C=CCNc1cc(Cl)c(CC(=O)O)cc1[N+](=O)[O-]. The van der Waals surface area contributed by atoms with Crippen molar-refractivity contribution in [1.82, 2.24) is 0 Å². The summed E-state index contributed by atoms with van der Waals surface area (Å²) >= 11 is 5.88. The number of nitrogens with zero attached hydrogens (tertiary/aromatic N) is 1. The van der Waals surface area contributed by atoms with Crippen LogP contribution in [0.15, 0.2) is 24.8 Å². The zero-order valence-electron chi connectivity index (χ0n) is 9.35. The predicted molar refractivity (Wildman–Crippen MR) is 68.1 cm³/mol. The number of carboxylic acids is 1. The van der Waals surface area contributed by atoms with E-state index >= 15 is 0 Å². The normalized spacial score (nSPS) is 9.83. The first-order valence-electron chi connectivity index (χ1n) is 4.99. The molecule has 0 saturated carbocycles. The first-order valence-corrected chi connectivity index (χ1v) is 5.37. The van der Waals surface area contributed by atoms with Crippen molar-refractivity contribution >= 4 is 28.9 Å². The van der Waals surface area contributed by atoms with Crippen LogP contribution in [0.25, 0.3) is 0 Å². The third-order valence-corrected chi connectivity index (χ3v) is 2.49. The van der Waals surface area contributed by atoms with Gasteiger partial charge in [-0.3, -0.25) is 14.9 Å². The van der Waals surface area contributed by atoms with Gasteiger partial charge in [-0.2, -0.15) is 0 Å². The molecule has 0 aromatic heterocycles. The molecule has 0 atom stereocenters. The van der Waals surface area contributed by atoms with Gasteiger partial charge < -0.3 is 10.4 Å². The summed E-state index contributed by atoms with van der Waals surface area (Å²) in [5, 5.41) is 22.5. The summed E-state index contributed by atoms with van der Waals surface area (Å²) < 4.78 is 0. The van der Waals surface area contributed by atoms with Crippen molar-refractivity contribution in [3.63, 3.8) is 0 Å². The molecule has 0 saturated heterocycles. The van der Waals surface area contributed by atoms with Gasteiger partial charge in [0.1, 0.15) is 5.69 Å². The Morgan fingerprint density at radius 2 is 2.28 bits per heavy atom. The second kappa shape index (κ2) is 6.02. The number of nitrogens with one attached hydrogen (secondary N) is 1. The number of halogens is 1. The number of nitro groups is 1. The van der Waals surface area contributed by atoms with Gasteiger partial charge in [-0.25, -0.2) is 0 Å². The Kier molecular flexibility index (Phi) is 4.67. The maximum Gasteiger partial charge on any atom is 0.307 e. The average molecular weight is 271 g/mol. The Morgan fingerprint density at radius 1 is 1.61 bits per heavy atom. The number of hydrogen-bond donors (Lipinski definition) is 2. The Hall–Kier alpha value is -2.08. The molecule has 7 heteroatoms. The van der Waals surface area contributed by atoms with Gasteiger partial charge >= 0.3 is 5.97 Å². The van der Waals surface area contributed by atoms with Crippen LogP contribution in [0.3, 0.4) is 0 Å². The summed E-state index contributed by atoms with van der Waals surface area (Å²) in [7, 11) is 0. The van der Waals surface area contributed by atoms with Crippen molar-refractivity contribution in [2.24, 2.45) is 0 Å². The molecule has 2 N–H and O–H groups in total. The van der Waals surface area contributed by atoms with Crippen molar-refractivity contribution in [3.05, 3.63) is 45.5 Å². The molecule has 0 aliphatic carbocycles. The lowest BCUT2D eigenvalue weighted by Gasteiger charge is -2.08. The van der Waals surface area contributed by atoms with Crippen LogP contribution in [-0.4, -0.2) is 22.5 Å². The van der Waals surface area contributed by atoms with Gasteiger partial charge in [0.05, 0.1) is 11.3 Å². The van der Waals surface area contributed by atoms with Gasteiger partial charge in [0.2, 0.25) is 0 Å². The van der Waals surface area contributed by atoms with Crippen LogP contribution in [0.2, 0.25) is 5.02 Å². The third kappa shape index (κ3) is 3.46. The molecule has 0 aliphatic rings. The van der Waals surface area contributed by atoms with Crippen LogP contribution in [-0.2, 0) is 11.2 Å². The van der Waals surface area contributed by atoms with Gasteiger partial charge in [0.15, 0.2) is 0 Å². The van der Waals surface area contributed by atoms with Gasteiger partial charge in [-0.05, 0) is 11.6 Å². The van der Waals surface area contributed by atoms with Crippen molar-refractivity contribution in [3.8, 4) is 0 Å². The van der Waals surface area contributed by atoms with Crippen LogP contribution in [0, 0.1) is 10.1 Å². The number of nitro benzene ring substituents is 1. The number of carboxylic acid groups (broad SMARTS) is 1. The number of anilines is 1. The van der Waals surface area contributed by atoms with Crippen molar-refractivity contribution < 1.29 is 14.8 Å². The quantitative estimate of drug-likeness (QED) is 0.471. The fourth-order valence-corrected chi connectivity index (χ4v) is 1.61. The van der Waals surface area contributed by atoms with Gasteiger partial charge in [0, 0.05) is 17.6 Å². The highest BCUT2D eigenvalue weighted by atomic mass is 35.5. The molecule has 0 unspecified atom stereocenters. The van der Waals surface area contributed by atoms with E-state index in [2.05, 4.69) is 11.9 Å². The van der Waals surface area contributed by atoms with Crippen LogP contribution in [0.1, 0.15) is 5.56 Å². The molecule has 18 heavy (non-hydrogen) atoms. The highest BCUT2D eigenvalue weighted by Gasteiger charge is 2.18. The molecule has 1 aromatic rings. The summed E-state index contributed by atoms with van der Waals surface area (Å²) in [5.74, 6) is -1.10. The summed E-state index contributed by atoms with van der Waals surface area (Å²) in [6, 6.07) is 2.52. The van der Waals surface area contributed by atoms with Crippen molar-refractivity contribution in [1.29, 1.82) is 0 Å². The molecule has 0 radical (unpaired) electrons. The second-order valence-corrected chi connectivity index (χ2v) is 3.87. The first-order chi connectivity index (χ1) is 8.45. The molecule has 0 bridgehead atoms. The van der Waals surface area contributed by atoms with E-state index in [4.69, 9.17) is 16.7 Å². The van der Waals surface area contributed by atoms with E-state index in [1.165, 1.54) is 12.1 Å². The van der Waals surface area contributed by atoms with E-state index in [0.29, 0.717) is 6.54 Å². The lowest BCUT2D eigenvalue weighted by molar-refractivity contribution is -0.384. The lowest BCUT2D eigenvalue weighted by atomic mass is 10.1. The molecule has 1 rings (SSSR count). The number of rotatable bonds is 6. The predicted octanol–water partition coefficient (Wildman–Crippen LogP) is 2.47. The second-order valence-electron chi connectivity index (χ2n) is 3.46. The zero-order chi connectivity index (χ0) is 13.7. The number of carbonyl (C=O) groups is 1. The van der Waals surface area contributed by atoms with Gasteiger partial charge in [0.25, 0.3) is 5.69 Å². The molecule has 0 spiro atoms. The number of aliphatic carboxylic acids is 1. The molecular weight excluding hydrogens is 260 g/mol. The monoisotopic (exact) mass is 270 g/mol. The minimum atomic E-state index is -1.10. The highest BCUT2D eigenvalue weighted by Crippen LogP contribution is 2.31. The fraction of sp³-hybridized carbons (Fsp3) is 0.182. The van der Waals surface area contributed by atoms with Crippen LogP contribution < -0.4 is 5.32 Å². The molecular formula is C11H11ClN2O4. The van der Waals surface area contributed by atoms with E-state index in [9.17, 15) is 14.9 Å². The molecule has 1 aromatic carbocycles. The molecule has 0 heterocycles. The lowest BCUT2D eigenvalue weighted by Crippen LogP contribution is -2.05. The molecule has 0 amide bonds. The Bertz CT molecular complexity index is 502. The topological polar surface area (TPSA) is 92.5 Å². The Balaban J connectivity index is 3.20. The Morgan fingerprint density at radius 3 is 2.78 bits per heavy atom. The van der Waals surface area contributed by atoms with Crippen LogP contribution in [0.4, 0.5) is 11.4 Å². The highest BCUT2D eigenvalue weighted by molar-refractivity contribution is 6.32. The van der Waals surface area contributed by atoms with Crippen LogP contribution >= 0.6 is 11.6 Å². The maximum atomic E-state index is 10.9. The summed E-state index contributed by atoms with van der Waals surface area (Å²) in [6.07, 6.45) is 1.18. The van der Waals surface area contributed by atoms with E-state index in [0.717, 1.165) is 0 Å². The van der Waals surface area contributed by atoms with E-state index in [1.54, 1.807) is 6.08 Å².